The lowest BCUT2D eigenvalue weighted by Gasteiger charge is -2.18. The second-order valence-electron chi connectivity index (χ2n) is 4.85. The van der Waals surface area contributed by atoms with E-state index in [0.717, 1.165) is 5.56 Å². The van der Waals surface area contributed by atoms with Gasteiger partial charge in [-0.15, -0.1) is 11.3 Å². The van der Waals surface area contributed by atoms with Gasteiger partial charge in [-0.1, -0.05) is 36.4 Å². The summed E-state index contributed by atoms with van der Waals surface area (Å²) in [6.45, 7) is 1.40. The van der Waals surface area contributed by atoms with Gasteiger partial charge in [0.1, 0.15) is 0 Å². The third-order valence-electron chi connectivity index (χ3n) is 3.03. The largest absolute Gasteiger partial charge is 0.349 e. The summed E-state index contributed by atoms with van der Waals surface area (Å²) in [5, 5.41) is 4.51. The highest BCUT2D eigenvalue weighted by atomic mass is 32.1. The lowest BCUT2D eigenvalue weighted by molar-refractivity contribution is -0.123. The van der Waals surface area contributed by atoms with Crippen LogP contribution >= 0.6 is 11.3 Å². The van der Waals surface area contributed by atoms with Crippen molar-refractivity contribution in [3.63, 3.8) is 0 Å². The molecule has 2 aromatic rings. The molecule has 1 heterocycles. The first-order valence-electron chi connectivity index (χ1n) is 7.01. The number of hydrogen-bond donors (Lipinski definition) is 3. The molecule has 1 atom stereocenters. The van der Waals surface area contributed by atoms with Crippen LogP contribution in [0.5, 0.6) is 0 Å². The van der Waals surface area contributed by atoms with E-state index in [4.69, 9.17) is 0 Å². The Morgan fingerprint density at radius 2 is 1.78 bits per heavy atom. The number of rotatable bonds is 5. The van der Waals surface area contributed by atoms with Crippen molar-refractivity contribution in [3.8, 4) is 0 Å². The number of carbonyl (C=O) groups excluding carboxylic acids is 3. The molecule has 6 nitrogen and oxygen atoms in total. The van der Waals surface area contributed by atoms with Crippen LogP contribution in [0.2, 0.25) is 0 Å². The predicted molar refractivity (Wildman–Crippen MR) is 87.5 cm³/mol. The van der Waals surface area contributed by atoms with E-state index in [2.05, 4.69) is 16.2 Å². The standard InChI is InChI=1S/C16H17N3O3S/c1-11(20)17-13(12-6-3-2-4-7-12)10-15(21)18-19-16(22)14-8-5-9-23-14/h2-9,13H,10H2,1H3,(H,17,20)(H,18,21)(H,19,22)/t13-/m1/s1. The van der Waals surface area contributed by atoms with Crippen molar-refractivity contribution in [1.82, 2.24) is 16.2 Å². The first-order valence-corrected chi connectivity index (χ1v) is 7.89. The first kappa shape index (κ1) is 16.7. The monoisotopic (exact) mass is 331 g/mol. The van der Waals surface area contributed by atoms with Crippen molar-refractivity contribution in [2.75, 3.05) is 0 Å². The van der Waals surface area contributed by atoms with E-state index in [9.17, 15) is 14.4 Å². The zero-order valence-electron chi connectivity index (χ0n) is 12.5. The van der Waals surface area contributed by atoms with Gasteiger partial charge in [0.05, 0.1) is 17.3 Å². The molecule has 0 radical (unpaired) electrons. The fourth-order valence-electron chi connectivity index (χ4n) is 2.02. The fraction of sp³-hybridized carbons (Fsp3) is 0.188. The maximum atomic E-state index is 12.0. The maximum Gasteiger partial charge on any atom is 0.279 e. The number of thiophene rings is 1. The van der Waals surface area contributed by atoms with Gasteiger partial charge in [-0.3, -0.25) is 25.2 Å². The summed E-state index contributed by atoms with van der Waals surface area (Å²) in [6.07, 6.45) is 0.0221. The van der Waals surface area contributed by atoms with Gasteiger partial charge >= 0.3 is 0 Å². The van der Waals surface area contributed by atoms with Crippen LogP contribution in [0.1, 0.15) is 34.6 Å². The van der Waals surface area contributed by atoms with Crippen LogP contribution in [0.3, 0.4) is 0 Å². The molecule has 3 amide bonds. The zero-order chi connectivity index (χ0) is 16.7. The topological polar surface area (TPSA) is 87.3 Å². The third-order valence-corrected chi connectivity index (χ3v) is 3.90. The summed E-state index contributed by atoms with van der Waals surface area (Å²) in [5.74, 6) is -0.990. The minimum atomic E-state index is -0.452. The summed E-state index contributed by atoms with van der Waals surface area (Å²) in [4.78, 5) is 35.6. The molecule has 1 aromatic heterocycles. The molecule has 0 aliphatic rings. The van der Waals surface area contributed by atoms with Crippen molar-refractivity contribution < 1.29 is 14.4 Å². The molecule has 0 unspecified atom stereocenters. The molecule has 0 aliphatic carbocycles. The van der Waals surface area contributed by atoms with Gasteiger partial charge in [-0.05, 0) is 17.0 Å². The van der Waals surface area contributed by atoms with E-state index in [-0.39, 0.29) is 18.2 Å². The second-order valence-corrected chi connectivity index (χ2v) is 5.80. The molecule has 120 valence electrons. The Kier molecular flexibility index (Phi) is 5.87. The lowest BCUT2D eigenvalue weighted by atomic mass is 10.0. The van der Waals surface area contributed by atoms with Crippen LogP contribution in [0.4, 0.5) is 0 Å². The summed E-state index contributed by atoms with van der Waals surface area (Å²) >= 11 is 1.28. The average Bonchev–Trinajstić information content (AvgIpc) is 3.07. The molecule has 0 bridgehead atoms. The molecular weight excluding hydrogens is 314 g/mol. The molecule has 0 spiro atoms. The Hall–Kier alpha value is -2.67. The fourth-order valence-corrected chi connectivity index (χ4v) is 2.63. The molecular formula is C16H17N3O3S. The Morgan fingerprint density at radius 3 is 2.39 bits per heavy atom. The number of amides is 3. The predicted octanol–water partition coefficient (Wildman–Crippen LogP) is 1.78. The van der Waals surface area contributed by atoms with Gasteiger partial charge in [0, 0.05) is 6.92 Å². The van der Waals surface area contributed by atoms with E-state index in [1.165, 1.54) is 18.3 Å². The zero-order valence-corrected chi connectivity index (χ0v) is 13.4. The molecule has 0 fully saturated rings. The molecule has 0 aliphatic heterocycles. The van der Waals surface area contributed by atoms with Crippen LogP contribution in [-0.2, 0) is 9.59 Å². The number of carbonyl (C=O) groups is 3. The SMILES string of the molecule is CC(=O)N[C@H](CC(=O)NNC(=O)c1cccs1)c1ccccc1. The van der Waals surface area contributed by atoms with Gasteiger partial charge in [-0.2, -0.15) is 0 Å². The van der Waals surface area contributed by atoms with E-state index < -0.39 is 11.9 Å². The van der Waals surface area contributed by atoms with Crippen LogP contribution in [-0.4, -0.2) is 17.7 Å². The van der Waals surface area contributed by atoms with Crippen LogP contribution < -0.4 is 16.2 Å². The Bertz CT molecular complexity index is 671. The highest BCUT2D eigenvalue weighted by molar-refractivity contribution is 7.12. The van der Waals surface area contributed by atoms with Gasteiger partial charge in [0.25, 0.3) is 5.91 Å². The van der Waals surface area contributed by atoms with Gasteiger partial charge in [-0.25, -0.2) is 0 Å². The molecule has 2 rings (SSSR count). The smallest absolute Gasteiger partial charge is 0.279 e. The quantitative estimate of drug-likeness (QED) is 0.730. The van der Waals surface area contributed by atoms with E-state index in [1.54, 1.807) is 17.5 Å². The Labute approximate surface area is 137 Å². The molecule has 23 heavy (non-hydrogen) atoms. The highest BCUT2D eigenvalue weighted by Crippen LogP contribution is 2.16. The van der Waals surface area contributed by atoms with Gasteiger partial charge in [0.15, 0.2) is 0 Å². The van der Waals surface area contributed by atoms with Crippen molar-refractivity contribution in [2.24, 2.45) is 0 Å². The van der Waals surface area contributed by atoms with Crippen molar-refractivity contribution in [2.45, 2.75) is 19.4 Å². The number of benzene rings is 1. The number of hydrogen-bond acceptors (Lipinski definition) is 4. The van der Waals surface area contributed by atoms with Gasteiger partial charge < -0.3 is 5.32 Å². The first-order chi connectivity index (χ1) is 11.1. The van der Waals surface area contributed by atoms with Crippen LogP contribution in [0.25, 0.3) is 0 Å². The summed E-state index contributed by atoms with van der Waals surface area (Å²) < 4.78 is 0. The maximum absolute atomic E-state index is 12.0. The van der Waals surface area contributed by atoms with E-state index in [0.29, 0.717) is 4.88 Å². The summed E-state index contributed by atoms with van der Waals surface area (Å²) in [5.41, 5.74) is 5.54. The summed E-state index contributed by atoms with van der Waals surface area (Å²) in [7, 11) is 0. The van der Waals surface area contributed by atoms with E-state index >= 15 is 0 Å². The normalized spacial score (nSPS) is 11.3. The Morgan fingerprint density at radius 1 is 1.04 bits per heavy atom. The molecule has 0 saturated carbocycles. The minimum Gasteiger partial charge on any atom is -0.349 e. The lowest BCUT2D eigenvalue weighted by Crippen LogP contribution is -2.43. The van der Waals surface area contributed by atoms with Crippen LogP contribution in [0.15, 0.2) is 47.8 Å². The minimum absolute atomic E-state index is 0.0221. The summed E-state index contributed by atoms with van der Waals surface area (Å²) in [6, 6.07) is 12.2. The molecule has 7 heteroatoms. The Balaban J connectivity index is 1.92. The molecule has 3 N–H and O–H groups in total. The van der Waals surface area contributed by atoms with Crippen molar-refractivity contribution in [3.05, 3.63) is 58.3 Å². The van der Waals surface area contributed by atoms with Crippen molar-refractivity contribution >= 4 is 29.1 Å². The van der Waals surface area contributed by atoms with Gasteiger partial charge in [0.2, 0.25) is 11.8 Å². The second kappa shape index (κ2) is 8.09. The third kappa shape index (κ3) is 5.23. The van der Waals surface area contributed by atoms with Crippen LogP contribution in [0, 0.1) is 0 Å². The number of nitrogens with one attached hydrogen (secondary N) is 3. The van der Waals surface area contributed by atoms with Crippen molar-refractivity contribution in [1.29, 1.82) is 0 Å². The molecule has 1 aromatic carbocycles. The number of hydrazine groups is 1. The van der Waals surface area contributed by atoms with E-state index in [1.807, 2.05) is 30.3 Å². The average molecular weight is 331 g/mol. The highest BCUT2D eigenvalue weighted by Gasteiger charge is 2.17. The molecule has 0 saturated heterocycles.